The molecule has 2 nitrogen and oxygen atoms in total. The van der Waals surface area contributed by atoms with Crippen LogP contribution in [-0.2, 0) is 0 Å². The first kappa shape index (κ1) is 10.1. The van der Waals surface area contributed by atoms with E-state index in [1.807, 2.05) is 0 Å². The summed E-state index contributed by atoms with van der Waals surface area (Å²) >= 11 is 0. The molecule has 0 aromatic heterocycles. The van der Waals surface area contributed by atoms with Crippen molar-refractivity contribution in [3.8, 4) is 0 Å². The molecule has 0 heterocycles. The van der Waals surface area contributed by atoms with E-state index < -0.39 is 5.60 Å². The van der Waals surface area contributed by atoms with Gasteiger partial charge in [0.15, 0.2) is 0 Å². The van der Waals surface area contributed by atoms with Crippen molar-refractivity contribution in [2.24, 2.45) is 22.7 Å². The molecule has 4 aliphatic rings. The summed E-state index contributed by atoms with van der Waals surface area (Å²) in [5, 5.41) is 20.6. The molecule has 0 amide bonds. The van der Waals surface area contributed by atoms with Gasteiger partial charge in [-0.2, -0.15) is 0 Å². The molecule has 4 saturated carbocycles. The first-order valence-electron chi connectivity index (χ1n) is 6.26. The molecule has 2 heteroatoms. The summed E-state index contributed by atoms with van der Waals surface area (Å²) < 4.78 is 0. The van der Waals surface area contributed by atoms with E-state index in [1.54, 1.807) is 0 Å². The van der Waals surface area contributed by atoms with E-state index in [4.69, 9.17) is 0 Å². The Balaban J connectivity index is 2.09. The van der Waals surface area contributed by atoms with Crippen molar-refractivity contribution >= 4 is 0 Å². The van der Waals surface area contributed by atoms with E-state index in [-0.39, 0.29) is 17.4 Å². The maximum absolute atomic E-state index is 10.8. The SMILES string of the molecule is CC1(C)C2(O)CC3CC(C2)CC1(CO)C3. The molecular weight excluding hydrogens is 188 g/mol. The van der Waals surface area contributed by atoms with Crippen LogP contribution in [0.15, 0.2) is 0 Å². The minimum atomic E-state index is -0.500. The van der Waals surface area contributed by atoms with Crippen molar-refractivity contribution in [1.29, 1.82) is 0 Å². The molecule has 2 unspecified atom stereocenters. The van der Waals surface area contributed by atoms with Crippen LogP contribution in [0.5, 0.6) is 0 Å². The zero-order valence-electron chi connectivity index (χ0n) is 9.79. The fourth-order valence-electron chi connectivity index (χ4n) is 5.02. The highest BCUT2D eigenvalue weighted by Gasteiger charge is 2.67. The average molecular weight is 210 g/mol. The van der Waals surface area contributed by atoms with E-state index in [2.05, 4.69) is 13.8 Å². The largest absolute Gasteiger partial charge is 0.396 e. The molecule has 0 aromatic rings. The summed E-state index contributed by atoms with van der Waals surface area (Å²) in [7, 11) is 0. The van der Waals surface area contributed by atoms with E-state index in [0.29, 0.717) is 11.8 Å². The fourth-order valence-corrected chi connectivity index (χ4v) is 5.02. The Labute approximate surface area is 91.7 Å². The zero-order chi connectivity index (χ0) is 10.9. The van der Waals surface area contributed by atoms with Gasteiger partial charge in [0, 0.05) is 17.4 Å². The molecule has 15 heavy (non-hydrogen) atoms. The standard InChI is InChI=1S/C13H22O2/c1-11(2)12(8-14)4-9-3-10(5-12)7-13(11,15)6-9/h9-10,14-15H,3-8H2,1-2H3. The van der Waals surface area contributed by atoms with Gasteiger partial charge < -0.3 is 10.2 Å². The Bertz CT molecular complexity index is 281. The third-order valence-electron chi connectivity index (χ3n) is 6.07. The third-order valence-corrected chi connectivity index (χ3v) is 6.07. The predicted octanol–water partition coefficient (Wildman–Crippen LogP) is 1.95. The van der Waals surface area contributed by atoms with Gasteiger partial charge in [0.2, 0.25) is 0 Å². The second kappa shape index (κ2) is 2.60. The lowest BCUT2D eigenvalue weighted by atomic mass is 9.38. The molecule has 0 radical (unpaired) electrons. The third kappa shape index (κ3) is 0.980. The van der Waals surface area contributed by atoms with Crippen molar-refractivity contribution in [2.45, 2.75) is 51.6 Å². The second-order valence-electron chi connectivity index (χ2n) is 6.88. The second-order valence-corrected chi connectivity index (χ2v) is 6.88. The van der Waals surface area contributed by atoms with Crippen molar-refractivity contribution in [2.75, 3.05) is 6.61 Å². The number of rotatable bonds is 1. The van der Waals surface area contributed by atoms with Crippen LogP contribution in [0, 0.1) is 22.7 Å². The Morgan fingerprint density at radius 3 is 2.07 bits per heavy atom. The Morgan fingerprint density at radius 2 is 1.60 bits per heavy atom. The minimum Gasteiger partial charge on any atom is -0.396 e. The lowest BCUT2D eigenvalue weighted by Crippen LogP contribution is -2.68. The lowest BCUT2D eigenvalue weighted by Gasteiger charge is -2.69. The molecule has 4 bridgehead atoms. The number of hydrogen-bond acceptors (Lipinski definition) is 2. The van der Waals surface area contributed by atoms with Crippen molar-refractivity contribution in [3.05, 3.63) is 0 Å². The van der Waals surface area contributed by atoms with Crippen LogP contribution in [0.1, 0.15) is 46.0 Å². The quantitative estimate of drug-likeness (QED) is 0.694. The van der Waals surface area contributed by atoms with Crippen LogP contribution >= 0.6 is 0 Å². The van der Waals surface area contributed by atoms with Crippen molar-refractivity contribution < 1.29 is 10.2 Å². The molecule has 86 valence electrons. The average Bonchev–Trinajstić information content (AvgIpc) is 2.13. The van der Waals surface area contributed by atoms with E-state index >= 15 is 0 Å². The highest BCUT2D eigenvalue weighted by atomic mass is 16.3. The normalized spacial score (nSPS) is 56.0. The monoisotopic (exact) mass is 210 g/mol. The molecule has 0 saturated heterocycles. The molecule has 2 atom stereocenters. The van der Waals surface area contributed by atoms with Gasteiger partial charge in [-0.1, -0.05) is 13.8 Å². The minimum absolute atomic E-state index is 0.00579. The summed E-state index contributed by atoms with van der Waals surface area (Å²) in [6.07, 6.45) is 5.50. The number of aliphatic hydroxyl groups excluding tert-OH is 1. The highest BCUT2D eigenvalue weighted by Crippen LogP contribution is 2.69. The Morgan fingerprint density at radius 1 is 1.07 bits per heavy atom. The van der Waals surface area contributed by atoms with E-state index in [1.165, 1.54) is 6.42 Å². The molecule has 4 rings (SSSR count). The van der Waals surface area contributed by atoms with Crippen molar-refractivity contribution in [1.82, 2.24) is 0 Å². The van der Waals surface area contributed by atoms with Crippen LogP contribution in [-0.4, -0.2) is 22.4 Å². The maximum atomic E-state index is 10.8. The zero-order valence-corrected chi connectivity index (χ0v) is 9.79. The number of aliphatic hydroxyl groups is 2. The van der Waals surface area contributed by atoms with Gasteiger partial charge in [0.25, 0.3) is 0 Å². The summed E-state index contributed by atoms with van der Waals surface area (Å²) in [6.45, 7) is 4.59. The van der Waals surface area contributed by atoms with Gasteiger partial charge in [-0.05, 0) is 43.9 Å². The summed E-state index contributed by atoms with van der Waals surface area (Å²) in [5.41, 5.74) is -0.603. The summed E-state index contributed by atoms with van der Waals surface area (Å²) in [4.78, 5) is 0. The van der Waals surface area contributed by atoms with Gasteiger partial charge in [-0.25, -0.2) is 0 Å². The topological polar surface area (TPSA) is 40.5 Å². The summed E-state index contributed by atoms with van der Waals surface area (Å²) in [5.74, 6) is 1.34. The van der Waals surface area contributed by atoms with E-state index in [0.717, 1.165) is 25.7 Å². The van der Waals surface area contributed by atoms with Crippen LogP contribution in [0.25, 0.3) is 0 Å². The van der Waals surface area contributed by atoms with Crippen LogP contribution in [0.4, 0.5) is 0 Å². The maximum Gasteiger partial charge on any atom is 0.0709 e. The van der Waals surface area contributed by atoms with Crippen molar-refractivity contribution in [3.63, 3.8) is 0 Å². The van der Waals surface area contributed by atoms with Gasteiger partial charge in [-0.15, -0.1) is 0 Å². The van der Waals surface area contributed by atoms with Gasteiger partial charge in [0.05, 0.1) is 5.60 Å². The highest BCUT2D eigenvalue weighted by molar-refractivity contribution is 5.17. The summed E-state index contributed by atoms with van der Waals surface area (Å²) in [6, 6.07) is 0. The Kier molecular flexibility index (Phi) is 1.75. The first-order chi connectivity index (χ1) is 6.92. The molecule has 0 spiro atoms. The smallest absolute Gasteiger partial charge is 0.0709 e. The fraction of sp³-hybridized carbons (Fsp3) is 1.00. The predicted molar refractivity (Wildman–Crippen MR) is 58.3 cm³/mol. The molecule has 2 N–H and O–H groups in total. The number of hydrogen-bond donors (Lipinski definition) is 2. The van der Waals surface area contributed by atoms with Gasteiger partial charge >= 0.3 is 0 Å². The van der Waals surface area contributed by atoms with E-state index in [9.17, 15) is 10.2 Å². The molecule has 0 aliphatic heterocycles. The van der Waals surface area contributed by atoms with Crippen LogP contribution in [0.2, 0.25) is 0 Å². The molecule has 4 fully saturated rings. The van der Waals surface area contributed by atoms with Crippen LogP contribution < -0.4 is 0 Å². The first-order valence-corrected chi connectivity index (χ1v) is 6.26. The van der Waals surface area contributed by atoms with Crippen LogP contribution in [0.3, 0.4) is 0 Å². The van der Waals surface area contributed by atoms with Gasteiger partial charge in [0.1, 0.15) is 0 Å². The lowest BCUT2D eigenvalue weighted by molar-refractivity contribution is -0.265. The molecule has 0 aromatic carbocycles. The van der Waals surface area contributed by atoms with Gasteiger partial charge in [-0.3, -0.25) is 0 Å². The Hall–Kier alpha value is -0.0800. The molecular formula is C13H22O2. The molecule has 4 aliphatic carbocycles.